The van der Waals surface area contributed by atoms with Gasteiger partial charge < -0.3 is 10.5 Å². The number of hydrogen-bond donors (Lipinski definition) is 1. The largest absolute Gasteiger partial charge is 0.486 e. The van der Waals surface area contributed by atoms with Gasteiger partial charge in [0.15, 0.2) is 11.6 Å². The lowest BCUT2D eigenvalue weighted by Gasteiger charge is -2.10. The summed E-state index contributed by atoms with van der Waals surface area (Å²) in [6, 6.07) is 8.23. The van der Waals surface area contributed by atoms with Crippen LogP contribution in [0, 0.1) is 5.82 Å². The summed E-state index contributed by atoms with van der Waals surface area (Å²) in [6.45, 7) is 0.578. The predicted molar refractivity (Wildman–Crippen MR) is 70.6 cm³/mol. The molecule has 0 unspecified atom stereocenters. The molecule has 18 heavy (non-hydrogen) atoms. The van der Waals surface area contributed by atoms with Crippen LogP contribution >= 0.6 is 15.9 Å². The van der Waals surface area contributed by atoms with Gasteiger partial charge in [-0.2, -0.15) is 0 Å². The van der Waals surface area contributed by atoms with Crippen molar-refractivity contribution in [2.45, 2.75) is 13.2 Å². The third-order valence-electron chi connectivity index (χ3n) is 2.45. The number of aromatic nitrogens is 1. The molecule has 2 rings (SSSR count). The van der Waals surface area contributed by atoms with Gasteiger partial charge in [0.25, 0.3) is 0 Å². The lowest BCUT2D eigenvalue weighted by atomic mass is 10.2. The van der Waals surface area contributed by atoms with Crippen LogP contribution < -0.4 is 10.5 Å². The molecule has 94 valence electrons. The van der Waals surface area contributed by atoms with Gasteiger partial charge >= 0.3 is 0 Å². The van der Waals surface area contributed by atoms with Crippen LogP contribution in [0.1, 0.15) is 11.3 Å². The molecule has 0 spiro atoms. The van der Waals surface area contributed by atoms with Crippen molar-refractivity contribution in [1.29, 1.82) is 0 Å². The van der Waals surface area contributed by atoms with Gasteiger partial charge in [-0.15, -0.1) is 0 Å². The quantitative estimate of drug-likeness (QED) is 0.944. The first kappa shape index (κ1) is 13.0. The molecule has 5 heteroatoms. The Balaban J connectivity index is 2.14. The van der Waals surface area contributed by atoms with Crippen LogP contribution in [0.25, 0.3) is 0 Å². The van der Waals surface area contributed by atoms with Crippen molar-refractivity contribution < 1.29 is 9.13 Å². The van der Waals surface area contributed by atoms with Gasteiger partial charge in [-0.05, 0) is 24.3 Å². The molecule has 1 aromatic carbocycles. The van der Waals surface area contributed by atoms with Gasteiger partial charge in [0.2, 0.25) is 0 Å². The highest BCUT2D eigenvalue weighted by Gasteiger charge is 2.06. The van der Waals surface area contributed by atoms with E-state index in [9.17, 15) is 4.39 Å². The predicted octanol–water partition coefficient (Wildman–Crippen LogP) is 3.02. The molecule has 0 radical (unpaired) electrons. The summed E-state index contributed by atoms with van der Waals surface area (Å²) >= 11 is 3.27. The van der Waals surface area contributed by atoms with Crippen molar-refractivity contribution in [3.63, 3.8) is 0 Å². The number of hydrogen-bond acceptors (Lipinski definition) is 3. The zero-order valence-electron chi connectivity index (χ0n) is 9.57. The summed E-state index contributed by atoms with van der Waals surface area (Å²) in [5.74, 6) is -0.187. The zero-order chi connectivity index (χ0) is 13.0. The van der Waals surface area contributed by atoms with Crippen LogP contribution in [0.3, 0.4) is 0 Å². The second-order valence-corrected chi connectivity index (χ2v) is 4.59. The summed E-state index contributed by atoms with van der Waals surface area (Å²) in [7, 11) is 0. The molecule has 2 aromatic rings. The molecule has 1 aromatic heterocycles. The van der Waals surface area contributed by atoms with Crippen LogP contribution in [0.2, 0.25) is 0 Å². The second kappa shape index (κ2) is 5.93. The summed E-state index contributed by atoms with van der Waals surface area (Å²) in [5, 5.41) is 0. The SMILES string of the molecule is NCc1ncccc1COc1cc(Br)ccc1F. The summed E-state index contributed by atoms with van der Waals surface area (Å²) in [6.07, 6.45) is 1.67. The van der Waals surface area contributed by atoms with Crippen LogP contribution in [-0.4, -0.2) is 4.98 Å². The van der Waals surface area contributed by atoms with Gasteiger partial charge in [-0.1, -0.05) is 22.0 Å². The Morgan fingerprint density at radius 2 is 2.17 bits per heavy atom. The maximum atomic E-state index is 13.5. The topological polar surface area (TPSA) is 48.1 Å². The fourth-order valence-electron chi connectivity index (χ4n) is 1.53. The van der Waals surface area contributed by atoms with E-state index in [1.165, 1.54) is 6.07 Å². The van der Waals surface area contributed by atoms with Gasteiger partial charge in [0.1, 0.15) is 6.61 Å². The first-order valence-electron chi connectivity index (χ1n) is 5.41. The minimum absolute atomic E-state index is 0.205. The van der Waals surface area contributed by atoms with Crippen LogP contribution in [0.4, 0.5) is 4.39 Å². The van der Waals surface area contributed by atoms with Crippen LogP contribution in [0.5, 0.6) is 5.75 Å². The average Bonchev–Trinajstić information content (AvgIpc) is 2.40. The summed E-state index contributed by atoms with van der Waals surface area (Å²) < 4.78 is 19.7. The fourth-order valence-corrected chi connectivity index (χ4v) is 1.87. The van der Waals surface area contributed by atoms with Crippen molar-refractivity contribution >= 4 is 15.9 Å². The second-order valence-electron chi connectivity index (χ2n) is 3.68. The van der Waals surface area contributed by atoms with E-state index in [4.69, 9.17) is 10.5 Å². The Bertz CT molecular complexity index is 548. The van der Waals surface area contributed by atoms with Crippen molar-refractivity contribution in [2.24, 2.45) is 5.73 Å². The smallest absolute Gasteiger partial charge is 0.165 e. The first-order valence-corrected chi connectivity index (χ1v) is 6.20. The van der Waals surface area contributed by atoms with E-state index < -0.39 is 5.82 Å². The van der Waals surface area contributed by atoms with Crippen LogP contribution in [0.15, 0.2) is 41.0 Å². The van der Waals surface area contributed by atoms with Crippen molar-refractivity contribution in [1.82, 2.24) is 4.98 Å². The molecule has 0 aliphatic heterocycles. The molecule has 0 bridgehead atoms. The third-order valence-corrected chi connectivity index (χ3v) is 2.95. The highest BCUT2D eigenvalue weighted by atomic mass is 79.9. The molecule has 0 aliphatic rings. The van der Waals surface area contributed by atoms with E-state index in [2.05, 4.69) is 20.9 Å². The van der Waals surface area contributed by atoms with E-state index in [1.807, 2.05) is 6.07 Å². The molecule has 2 N–H and O–H groups in total. The van der Waals surface area contributed by atoms with E-state index in [0.717, 1.165) is 15.7 Å². The fraction of sp³-hybridized carbons (Fsp3) is 0.154. The Hall–Kier alpha value is -1.46. The number of nitrogens with zero attached hydrogens (tertiary/aromatic N) is 1. The maximum Gasteiger partial charge on any atom is 0.165 e. The molecule has 1 heterocycles. The van der Waals surface area contributed by atoms with E-state index in [0.29, 0.717) is 6.54 Å². The highest BCUT2D eigenvalue weighted by Crippen LogP contribution is 2.23. The van der Waals surface area contributed by atoms with Crippen LogP contribution in [-0.2, 0) is 13.2 Å². The van der Waals surface area contributed by atoms with Crippen molar-refractivity contribution in [3.05, 3.63) is 58.1 Å². The van der Waals surface area contributed by atoms with Gasteiger partial charge in [0.05, 0.1) is 5.69 Å². The monoisotopic (exact) mass is 310 g/mol. The Kier molecular flexibility index (Phi) is 4.28. The molecule has 0 amide bonds. The molecule has 0 saturated carbocycles. The van der Waals surface area contributed by atoms with E-state index in [-0.39, 0.29) is 12.4 Å². The minimum Gasteiger partial charge on any atom is -0.486 e. The van der Waals surface area contributed by atoms with E-state index >= 15 is 0 Å². The average molecular weight is 311 g/mol. The Morgan fingerprint density at radius 1 is 1.33 bits per heavy atom. The maximum absolute atomic E-state index is 13.5. The number of nitrogens with two attached hydrogens (primary N) is 1. The summed E-state index contributed by atoms with van der Waals surface area (Å²) in [4.78, 5) is 4.14. The van der Waals surface area contributed by atoms with Crippen molar-refractivity contribution in [2.75, 3.05) is 0 Å². The minimum atomic E-state index is -0.392. The molecular weight excluding hydrogens is 299 g/mol. The number of pyridine rings is 1. The van der Waals surface area contributed by atoms with Gasteiger partial charge in [0, 0.05) is 22.8 Å². The van der Waals surface area contributed by atoms with Gasteiger partial charge in [-0.3, -0.25) is 4.98 Å². The highest BCUT2D eigenvalue weighted by molar-refractivity contribution is 9.10. The summed E-state index contributed by atoms with van der Waals surface area (Å²) in [5.41, 5.74) is 7.19. The first-order chi connectivity index (χ1) is 8.70. The lowest BCUT2D eigenvalue weighted by Crippen LogP contribution is -2.07. The third kappa shape index (κ3) is 3.05. The molecule has 0 fully saturated rings. The molecule has 0 saturated heterocycles. The number of ether oxygens (including phenoxy) is 1. The lowest BCUT2D eigenvalue weighted by molar-refractivity contribution is 0.288. The number of benzene rings is 1. The Morgan fingerprint density at radius 3 is 2.94 bits per heavy atom. The van der Waals surface area contributed by atoms with Crippen molar-refractivity contribution in [3.8, 4) is 5.75 Å². The standard InChI is InChI=1S/C13H12BrFN2O/c14-10-3-4-11(15)13(6-10)18-8-9-2-1-5-17-12(9)7-16/h1-6H,7-8,16H2. The molecule has 0 aliphatic carbocycles. The van der Waals surface area contributed by atoms with E-state index in [1.54, 1.807) is 24.4 Å². The zero-order valence-corrected chi connectivity index (χ0v) is 11.2. The molecule has 0 atom stereocenters. The molecular formula is C13H12BrFN2O. The number of rotatable bonds is 4. The molecule has 3 nitrogen and oxygen atoms in total. The van der Waals surface area contributed by atoms with Gasteiger partial charge in [-0.25, -0.2) is 4.39 Å². The normalized spacial score (nSPS) is 10.4. The number of halogens is 2. The Labute approximate surface area is 113 Å².